The molecule has 0 saturated heterocycles. The van der Waals surface area contributed by atoms with E-state index in [0.717, 1.165) is 6.42 Å². The Kier molecular flexibility index (Phi) is 9.19. The summed E-state index contributed by atoms with van der Waals surface area (Å²) >= 11 is 0. The summed E-state index contributed by atoms with van der Waals surface area (Å²) in [5, 5.41) is 12.6. The second-order valence-electron chi connectivity index (χ2n) is 6.37. The maximum atomic E-state index is 12.8. The third kappa shape index (κ3) is 6.38. The monoisotopic (exact) mass is 361 g/mol. The van der Waals surface area contributed by atoms with Gasteiger partial charge < -0.3 is 10.1 Å². The van der Waals surface area contributed by atoms with E-state index in [1.807, 2.05) is 13.0 Å². The average molecular weight is 361 g/mol. The Morgan fingerprint density at radius 3 is 2.77 bits per heavy atom. The maximum absolute atomic E-state index is 12.8. The van der Waals surface area contributed by atoms with Gasteiger partial charge in [-0.1, -0.05) is 26.0 Å². The van der Waals surface area contributed by atoms with Crippen LogP contribution in [0.3, 0.4) is 0 Å². The van der Waals surface area contributed by atoms with Crippen LogP contribution in [-0.2, 0) is 4.74 Å². The van der Waals surface area contributed by atoms with Gasteiger partial charge in [-0.3, -0.25) is 5.41 Å². The number of amides is 2. The third-order valence-corrected chi connectivity index (χ3v) is 3.72. The normalized spacial score (nSPS) is 11.7. The summed E-state index contributed by atoms with van der Waals surface area (Å²) in [7, 11) is 0. The summed E-state index contributed by atoms with van der Waals surface area (Å²) in [5.74, 6) is 0.675. The molecule has 0 aliphatic carbocycles. The van der Waals surface area contributed by atoms with E-state index in [4.69, 9.17) is 10.1 Å². The first-order chi connectivity index (χ1) is 12.4. The lowest BCUT2D eigenvalue weighted by molar-refractivity contribution is 0.234. The molecule has 0 aromatic carbocycles. The van der Waals surface area contributed by atoms with Crippen molar-refractivity contribution >= 4 is 11.9 Å². The Bertz CT molecular complexity index is 609. The first kappa shape index (κ1) is 21.5. The van der Waals surface area contributed by atoms with E-state index in [1.54, 1.807) is 23.1 Å². The molecule has 26 heavy (non-hydrogen) atoms. The molecule has 1 heterocycles. The molecule has 7 nitrogen and oxygen atoms in total. The molecule has 144 valence electrons. The number of rotatable bonds is 11. The van der Waals surface area contributed by atoms with E-state index in [0.29, 0.717) is 31.9 Å². The molecule has 0 aliphatic rings. The van der Waals surface area contributed by atoms with Gasteiger partial charge in [-0.15, -0.1) is 13.2 Å². The van der Waals surface area contributed by atoms with Crippen LogP contribution >= 0.6 is 0 Å². The van der Waals surface area contributed by atoms with Gasteiger partial charge in [0.15, 0.2) is 0 Å². The van der Waals surface area contributed by atoms with Crippen LogP contribution in [0.5, 0.6) is 0 Å². The lowest BCUT2D eigenvalue weighted by Gasteiger charge is -2.27. The highest BCUT2D eigenvalue weighted by Crippen LogP contribution is 2.10. The predicted octanol–water partition coefficient (Wildman–Crippen LogP) is 3.46. The lowest BCUT2D eigenvalue weighted by atomic mass is 10.0. The number of carbonyl (C=O) groups excluding carboxylic acids is 1. The van der Waals surface area contributed by atoms with Crippen molar-refractivity contribution in [2.45, 2.75) is 46.1 Å². The number of hydrogen-bond donors (Lipinski definition) is 2. The van der Waals surface area contributed by atoms with E-state index in [2.05, 4.69) is 37.3 Å². The van der Waals surface area contributed by atoms with Crippen LogP contribution in [0.15, 0.2) is 37.7 Å². The highest BCUT2D eigenvalue weighted by Gasteiger charge is 2.22. The van der Waals surface area contributed by atoms with Crippen molar-refractivity contribution in [2.24, 2.45) is 5.92 Å². The molecular formula is C19H31N5O2. The highest BCUT2D eigenvalue weighted by molar-refractivity contribution is 5.90. The Morgan fingerprint density at radius 1 is 1.46 bits per heavy atom. The van der Waals surface area contributed by atoms with Crippen LogP contribution < -0.4 is 10.3 Å². The molecule has 2 N–H and O–H groups in total. The van der Waals surface area contributed by atoms with Gasteiger partial charge in [0.2, 0.25) is 5.82 Å². The van der Waals surface area contributed by atoms with Gasteiger partial charge >= 0.3 is 6.03 Å². The number of carbonyl (C=O) groups is 1. The molecule has 1 rings (SSSR count). The topological polar surface area (TPSA) is 83.2 Å². The van der Waals surface area contributed by atoms with Crippen molar-refractivity contribution in [3.63, 3.8) is 0 Å². The summed E-state index contributed by atoms with van der Waals surface area (Å²) in [5.41, 5.74) is 0. The van der Waals surface area contributed by atoms with E-state index in [1.165, 1.54) is 5.01 Å². The van der Waals surface area contributed by atoms with Crippen molar-refractivity contribution < 1.29 is 9.53 Å². The molecule has 0 saturated carbocycles. The molecule has 0 radical (unpaired) electrons. The highest BCUT2D eigenvalue weighted by atomic mass is 16.5. The quantitative estimate of drug-likeness (QED) is 0.274. The molecule has 1 unspecified atom stereocenters. The van der Waals surface area contributed by atoms with Crippen molar-refractivity contribution in [3.05, 3.63) is 43.5 Å². The fraction of sp³-hybridized carbons (Fsp3) is 0.526. The summed E-state index contributed by atoms with van der Waals surface area (Å²) in [6, 6.07) is -0.220. The number of nitrogens with zero attached hydrogens (tertiary/aromatic N) is 3. The Balaban J connectivity index is 2.88. The van der Waals surface area contributed by atoms with E-state index in [-0.39, 0.29) is 23.8 Å². The van der Waals surface area contributed by atoms with Crippen LogP contribution in [-0.4, -0.2) is 40.8 Å². The van der Waals surface area contributed by atoms with Gasteiger partial charge in [0, 0.05) is 25.0 Å². The van der Waals surface area contributed by atoms with Crippen LogP contribution in [0.4, 0.5) is 4.79 Å². The Hall–Kier alpha value is -2.57. The smallest absolute Gasteiger partial charge is 0.336 e. The first-order valence-corrected chi connectivity index (χ1v) is 8.99. The van der Waals surface area contributed by atoms with E-state index >= 15 is 0 Å². The fourth-order valence-electron chi connectivity index (χ4n) is 2.59. The zero-order valence-electron chi connectivity index (χ0n) is 16.1. The predicted molar refractivity (Wildman–Crippen MR) is 105 cm³/mol. The van der Waals surface area contributed by atoms with Gasteiger partial charge in [-0.2, -0.15) is 0 Å². The van der Waals surface area contributed by atoms with Gasteiger partial charge in [-0.25, -0.2) is 19.5 Å². The molecule has 1 atom stereocenters. The van der Waals surface area contributed by atoms with Gasteiger partial charge in [0.25, 0.3) is 5.90 Å². The van der Waals surface area contributed by atoms with Gasteiger partial charge in [-0.05, 0) is 32.1 Å². The maximum Gasteiger partial charge on any atom is 0.336 e. The zero-order valence-corrected chi connectivity index (χ0v) is 16.1. The molecule has 0 spiro atoms. The SMILES string of the molecule is C=CCCOC(=N)c1nccn1N(CC)C(=O)NC(CC=C)CC(C)C. The van der Waals surface area contributed by atoms with Crippen LogP contribution in [0.25, 0.3) is 0 Å². The molecule has 0 aliphatic heterocycles. The molecular weight excluding hydrogens is 330 g/mol. The van der Waals surface area contributed by atoms with Crippen LogP contribution in [0, 0.1) is 11.3 Å². The Labute approximate surface area is 156 Å². The zero-order chi connectivity index (χ0) is 19.5. The second kappa shape index (κ2) is 11.1. The Morgan fingerprint density at radius 2 is 2.19 bits per heavy atom. The summed E-state index contributed by atoms with van der Waals surface area (Å²) < 4.78 is 6.92. The second-order valence-corrected chi connectivity index (χ2v) is 6.37. The van der Waals surface area contributed by atoms with Gasteiger partial charge in [0.1, 0.15) is 0 Å². The largest absolute Gasteiger partial charge is 0.475 e. The number of aromatic nitrogens is 2. The van der Waals surface area contributed by atoms with Crippen LogP contribution in [0.2, 0.25) is 0 Å². The standard InChI is InChI=1S/C19H31N5O2/c1-6-9-13-26-17(20)18-21-11-12-24(18)23(8-3)19(25)22-16(10-7-2)14-15(4)5/h6-7,11-12,15-16,20H,1-2,8-10,13-14H2,3-5H3,(H,22,25). The minimum absolute atomic E-state index is 0.0179. The molecule has 2 amide bonds. The summed E-state index contributed by atoms with van der Waals surface area (Å²) in [6.07, 6.45) is 8.95. The summed E-state index contributed by atoms with van der Waals surface area (Å²) in [6.45, 7) is 14.3. The number of urea groups is 1. The average Bonchev–Trinajstić information content (AvgIpc) is 3.04. The van der Waals surface area contributed by atoms with E-state index < -0.39 is 0 Å². The fourth-order valence-corrected chi connectivity index (χ4v) is 2.59. The number of nitrogens with one attached hydrogen (secondary N) is 2. The van der Waals surface area contributed by atoms with Crippen molar-refractivity contribution in [1.82, 2.24) is 15.0 Å². The van der Waals surface area contributed by atoms with E-state index in [9.17, 15) is 4.79 Å². The number of hydrogen-bond acceptors (Lipinski definition) is 4. The summed E-state index contributed by atoms with van der Waals surface area (Å²) in [4.78, 5) is 16.9. The number of imidazole rings is 1. The molecule has 7 heteroatoms. The molecule has 0 fully saturated rings. The molecule has 0 bridgehead atoms. The third-order valence-electron chi connectivity index (χ3n) is 3.72. The van der Waals surface area contributed by atoms with Crippen molar-refractivity contribution in [1.29, 1.82) is 5.41 Å². The lowest BCUT2D eigenvalue weighted by Crippen LogP contribution is -2.51. The van der Waals surface area contributed by atoms with Gasteiger partial charge in [0.05, 0.1) is 6.61 Å². The minimum atomic E-state index is -0.238. The van der Waals surface area contributed by atoms with Crippen molar-refractivity contribution in [3.8, 4) is 0 Å². The van der Waals surface area contributed by atoms with Crippen molar-refractivity contribution in [2.75, 3.05) is 18.2 Å². The molecule has 1 aromatic heterocycles. The van der Waals surface area contributed by atoms with Crippen LogP contribution in [0.1, 0.15) is 45.9 Å². The first-order valence-electron chi connectivity index (χ1n) is 8.99. The molecule has 1 aromatic rings. The minimum Gasteiger partial charge on any atom is -0.475 e. The number of ether oxygens (including phenoxy) is 1.